The molecular formula is C49H54N8O8. The topological polar surface area (TPSA) is 193 Å². The summed E-state index contributed by atoms with van der Waals surface area (Å²) in [5.74, 6) is 1.61. The number of carbonyl (C=O) groups excluding carboxylic acids is 4. The van der Waals surface area contributed by atoms with Crippen molar-refractivity contribution in [2.45, 2.75) is 76.8 Å². The van der Waals surface area contributed by atoms with Crippen LogP contribution in [0, 0.1) is 11.8 Å². The van der Waals surface area contributed by atoms with Crippen molar-refractivity contribution in [2.75, 3.05) is 34.5 Å². The Morgan fingerprint density at radius 1 is 0.862 bits per heavy atom. The normalized spacial score (nSPS) is 20.0. The number of H-pyrrole nitrogens is 2. The van der Waals surface area contributed by atoms with Crippen molar-refractivity contribution in [2.24, 2.45) is 11.8 Å². The minimum absolute atomic E-state index is 0.0342. The molecule has 338 valence electrons. The van der Waals surface area contributed by atoms with Gasteiger partial charge in [0, 0.05) is 36.6 Å². The van der Waals surface area contributed by atoms with Gasteiger partial charge in [-0.05, 0) is 84.0 Å². The highest BCUT2D eigenvalue weighted by molar-refractivity contribution is 6.07. The number of ether oxygens (including phenoxy) is 4. The quantitative estimate of drug-likeness (QED) is 0.100. The summed E-state index contributed by atoms with van der Waals surface area (Å²) in [5.41, 5.74) is 7.09. The Balaban J connectivity index is 0.974. The predicted octanol–water partition coefficient (Wildman–Crippen LogP) is 7.73. The molecule has 2 fully saturated rings. The molecule has 0 bridgehead atoms. The zero-order valence-corrected chi connectivity index (χ0v) is 37.3. The average molecular weight is 883 g/mol. The zero-order valence-electron chi connectivity index (χ0n) is 37.3. The number of hydrogen-bond donors (Lipinski definition) is 4. The van der Waals surface area contributed by atoms with E-state index in [0.717, 1.165) is 68.3 Å². The zero-order chi connectivity index (χ0) is 45.5. The van der Waals surface area contributed by atoms with E-state index in [-0.39, 0.29) is 41.8 Å². The maximum atomic E-state index is 14.3. The Labute approximate surface area is 376 Å². The SMILES string of the molecule is COC[C@H]1C[C@@H](c2ncc(-c3ccc4c(c3)COc3cc5c(ccc6[nH]c(C7CC[C@H](C)N7C(=O)C(NC(=O)OC)C(C)C)nc65)cc3-4)[nH]2)N(C(=O)[C@@H](NC(=O)OC)c2ccccc2)C1. The van der Waals surface area contributed by atoms with Crippen molar-refractivity contribution in [1.29, 1.82) is 0 Å². The number of fused-ring (bicyclic) bond motifs is 6. The third kappa shape index (κ3) is 8.22. The van der Waals surface area contributed by atoms with Crippen molar-refractivity contribution in [3.05, 3.63) is 102 Å². The molecule has 6 atom stereocenters. The van der Waals surface area contributed by atoms with Gasteiger partial charge in [0.25, 0.3) is 5.91 Å². The molecule has 16 heteroatoms. The number of imidazole rings is 2. The molecule has 2 aromatic heterocycles. The largest absolute Gasteiger partial charge is 0.488 e. The first kappa shape index (κ1) is 43.3. The first-order valence-corrected chi connectivity index (χ1v) is 22.1. The number of hydrogen-bond acceptors (Lipinski definition) is 10. The molecule has 4 amide bonds. The number of rotatable bonds is 11. The van der Waals surface area contributed by atoms with Crippen LogP contribution in [0.25, 0.3) is 44.2 Å². The number of alkyl carbamates (subject to hydrolysis) is 2. The number of methoxy groups -OCH3 is 3. The van der Waals surface area contributed by atoms with Gasteiger partial charge in [0.15, 0.2) is 0 Å². The molecule has 65 heavy (non-hydrogen) atoms. The molecule has 4 N–H and O–H groups in total. The van der Waals surface area contributed by atoms with Crippen LogP contribution < -0.4 is 15.4 Å². The Morgan fingerprint density at radius 2 is 1.65 bits per heavy atom. The van der Waals surface area contributed by atoms with E-state index >= 15 is 0 Å². The maximum absolute atomic E-state index is 14.3. The lowest BCUT2D eigenvalue weighted by Gasteiger charge is -2.32. The van der Waals surface area contributed by atoms with E-state index in [9.17, 15) is 19.2 Å². The molecule has 2 unspecified atom stereocenters. The summed E-state index contributed by atoms with van der Waals surface area (Å²) in [6, 6.07) is 21.3. The van der Waals surface area contributed by atoms with Crippen molar-refractivity contribution < 1.29 is 38.1 Å². The summed E-state index contributed by atoms with van der Waals surface area (Å²) in [6.07, 6.45) is 2.64. The molecule has 4 aromatic carbocycles. The smallest absolute Gasteiger partial charge is 0.407 e. The van der Waals surface area contributed by atoms with Crippen LogP contribution in [0.5, 0.6) is 5.75 Å². The van der Waals surface area contributed by atoms with Gasteiger partial charge in [-0.3, -0.25) is 9.59 Å². The second kappa shape index (κ2) is 17.9. The fourth-order valence-corrected chi connectivity index (χ4v) is 9.83. The van der Waals surface area contributed by atoms with Crippen LogP contribution in [-0.4, -0.2) is 100 Å². The third-order valence-electron chi connectivity index (χ3n) is 13.1. The third-order valence-corrected chi connectivity index (χ3v) is 13.1. The summed E-state index contributed by atoms with van der Waals surface area (Å²) in [6.45, 7) is 7.11. The van der Waals surface area contributed by atoms with Crippen molar-refractivity contribution >= 4 is 45.8 Å². The summed E-state index contributed by atoms with van der Waals surface area (Å²) in [5, 5.41) is 7.42. The molecule has 0 saturated carbocycles. The van der Waals surface area contributed by atoms with E-state index in [1.54, 1.807) is 18.2 Å². The summed E-state index contributed by atoms with van der Waals surface area (Å²) in [4.78, 5) is 73.5. The second-order valence-electron chi connectivity index (χ2n) is 17.6. The van der Waals surface area contributed by atoms with Gasteiger partial charge in [-0.15, -0.1) is 0 Å². The summed E-state index contributed by atoms with van der Waals surface area (Å²) >= 11 is 0. The number of aromatic nitrogens is 4. The van der Waals surface area contributed by atoms with Crippen LogP contribution in [-0.2, 0) is 30.4 Å². The number of likely N-dealkylation sites (tertiary alicyclic amines) is 2. The van der Waals surface area contributed by atoms with Crippen molar-refractivity contribution in [3.8, 4) is 28.1 Å². The van der Waals surface area contributed by atoms with Gasteiger partial charge in [-0.1, -0.05) is 62.4 Å². The minimum Gasteiger partial charge on any atom is -0.488 e. The van der Waals surface area contributed by atoms with Crippen LogP contribution in [0.3, 0.4) is 0 Å². The fourth-order valence-electron chi connectivity index (χ4n) is 9.83. The molecule has 16 nitrogen and oxygen atoms in total. The second-order valence-corrected chi connectivity index (χ2v) is 17.6. The Kier molecular flexibility index (Phi) is 11.9. The van der Waals surface area contributed by atoms with E-state index in [1.807, 2.05) is 62.1 Å². The first-order chi connectivity index (χ1) is 31.5. The molecule has 0 spiro atoms. The van der Waals surface area contributed by atoms with Crippen LogP contribution >= 0.6 is 0 Å². The molecule has 5 heterocycles. The number of amides is 4. The van der Waals surface area contributed by atoms with E-state index < -0.39 is 24.3 Å². The molecule has 0 radical (unpaired) electrons. The van der Waals surface area contributed by atoms with E-state index in [1.165, 1.54) is 14.2 Å². The van der Waals surface area contributed by atoms with Crippen LogP contribution in [0.15, 0.2) is 79.0 Å². The van der Waals surface area contributed by atoms with Gasteiger partial charge in [-0.25, -0.2) is 19.6 Å². The van der Waals surface area contributed by atoms with Crippen LogP contribution in [0.4, 0.5) is 9.59 Å². The highest BCUT2D eigenvalue weighted by Gasteiger charge is 2.43. The first-order valence-electron chi connectivity index (χ1n) is 22.1. The van der Waals surface area contributed by atoms with Gasteiger partial charge in [0.05, 0.1) is 55.8 Å². The van der Waals surface area contributed by atoms with Gasteiger partial charge < -0.3 is 49.3 Å². The lowest BCUT2D eigenvalue weighted by Crippen LogP contribution is -2.52. The highest BCUT2D eigenvalue weighted by Crippen LogP contribution is 2.44. The average Bonchev–Trinajstić information content (AvgIpc) is 4.15. The number of benzene rings is 4. The lowest BCUT2D eigenvalue weighted by atomic mass is 9.92. The Morgan fingerprint density at radius 3 is 2.40 bits per heavy atom. The monoisotopic (exact) mass is 882 g/mol. The number of nitrogens with zero attached hydrogens (tertiary/aromatic N) is 4. The minimum atomic E-state index is -0.948. The van der Waals surface area contributed by atoms with Crippen molar-refractivity contribution in [3.63, 3.8) is 0 Å². The number of nitrogens with one attached hydrogen (secondary N) is 4. The molecule has 0 aliphatic carbocycles. The van der Waals surface area contributed by atoms with Crippen LogP contribution in [0.2, 0.25) is 0 Å². The standard InChI is InChI=1S/C49H54N8O8/c1-26(2)41(54-48(60)63-5)47(59)57-27(3)12-17-38(57)45-51-36-16-14-30-20-35-33-15-13-31(19-32(33)25-65-40(35)21-34(30)43(36)53-45)37-22-50-44(52-37)39-18-28(24-62-4)23-56(39)46(58)42(55-49(61)64-6)29-10-8-7-9-11-29/h7-11,13-16,19-22,26-28,38-39,41-42H,12,17-18,23-25H2,1-6H3,(H,50,52)(H,51,53)(H,54,60)(H,55,61)/t27-,28-,38?,39-,41?,42-/m0/s1. The Bertz CT molecular complexity index is 2770. The van der Waals surface area contributed by atoms with Gasteiger partial charge in [-0.2, -0.15) is 0 Å². The predicted molar refractivity (Wildman–Crippen MR) is 243 cm³/mol. The molecule has 2 saturated heterocycles. The summed E-state index contributed by atoms with van der Waals surface area (Å²) in [7, 11) is 4.22. The van der Waals surface area contributed by atoms with Gasteiger partial charge in [0.1, 0.15) is 36.1 Å². The molecule has 3 aliphatic heterocycles. The summed E-state index contributed by atoms with van der Waals surface area (Å²) < 4.78 is 21.7. The van der Waals surface area contributed by atoms with E-state index in [4.69, 9.17) is 28.9 Å². The Hall–Kier alpha value is -6.94. The maximum Gasteiger partial charge on any atom is 0.407 e. The lowest BCUT2D eigenvalue weighted by molar-refractivity contribution is -0.137. The van der Waals surface area contributed by atoms with E-state index in [0.29, 0.717) is 43.4 Å². The van der Waals surface area contributed by atoms with Gasteiger partial charge in [0.2, 0.25) is 5.91 Å². The number of aromatic amines is 2. The number of carbonyl (C=O) groups is 4. The van der Waals surface area contributed by atoms with Crippen LogP contribution in [0.1, 0.15) is 80.9 Å². The van der Waals surface area contributed by atoms with Crippen molar-refractivity contribution in [1.82, 2.24) is 40.4 Å². The van der Waals surface area contributed by atoms with Gasteiger partial charge >= 0.3 is 12.2 Å². The fraction of sp³-hybridized carbons (Fsp3) is 0.388. The molecule has 6 aromatic rings. The molecular weight excluding hydrogens is 829 g/mol. The molecule has 3 aliphatic rings. The molecule has 9 rings (SSSR count). The highest BCUT2D eigenvalue weighted by atomic mass is 16.5. The van der Waals surface area contributed by atoms with E-state index in [2.05, 4.69) is 57.0 Å².